The zero-order chi connectivity index (χ0) is 19.9. The predicted molar refractivity (Wildman–Crippen MR) is 112 cm³/mol. The van der Waals surface area contributed by atoms with Crippen molar-refractivity contribution in [3.8, 4) is 5.75 Å². The topological polar surface area (TPSA) is 9.23 Å². The number of hydrogen-bond acceptors (Lipinski definition) is 1. The molecule has 1 nitrogen and oxygen atoms in total. The first kappa shape index (κ1) is 21.6. The van der Waals surface area contributed by atoms with Crippen molar-refractivity contribution >= 4 is 0 Å². The highest BCUT2D eigenvalue weighted by Crippen LogP contribution is 2.42. The standard InChI is InChI=1S/C25H38F2O/c1-3-5-18-7-11-20(12-8-18)21-13-9-19(10-14-21)17-28-23-16-15-22(6-4-2)24(26)25(23)27/h15-16,18-21H,3-14,17H2,1-2H3/t18-,19-,20-,21-. The molecule has 0 bridgehead atoms. The molecule has 28 heavy (non-hydrogen) atoms. The number of hydrogen-bond donors (Lipinski definition) is 0. The summed E-state index contributed by atoms with van der Waals surface area (Å²) in [6, 6.07) is 3.27. The molecule has 0 radical (unpaired) electrons. The van der Waals surface area contributed by atoms with Crippen molar-refractivity contribution in [1.29, 1.82) is 0 Å². The van der Waals surface area contributed by atoms with Crippen LogP contribution in [-0.2, 0) is 6.42 Å². The molecule has 0 aromatic heterocycles. The fraction of sp³-hybridized carbons (Fsp3) is 0.760. The summed E-state index contributed by atoms with van der Waals surface area (Å²) < 4.78 is 34.0. The minimum Gasteiger partial charge on any atom is -0.490 e. The van der Waals surface area contributed by atoms with Gasteiger partial charge in [-0.2, -0.15) is 4.39 Å². The summed E-state index contributed by atoms with van der Waals surface area (Å²) in [5.41, 5.74) is 0.446. The van der Waals surface area contributed by atoms with Gasteiger partial charge in [-0.25, -0.2) is 4.39 Å². The van der Waals surface area contributed by atoms with Crippen LogP contribution in [-0.4, -0.2) is 6.61 Å². The third-order valence-electron chi connectivity index (χ3n) is 7.27. The molecule has 0 aliphatic heterocycles. The Hall–Kier alpha value is -1.12. The summed E-state index contributed by atoms with van der Waals surface area (Å²) >= 11 is 0. The number of benzene rings is 1. The van der Waals surface area contributed by atoms with Gasteiger partial charge in [0.2, 0.25) is 5.82 Å². The van der Waals surface area contributed by atoms with E-state index in [1.54, 1.807) is 12.1 Å². The molecule has 1 aromatic rings. The van der Waals surface area contributed by atoms with Crippen LogP contribution in [0, 0.1) is 35.3 Å². The van der Waals surface area contributed by atoms with Crippen LogP contribution in [0.2, 0.25) is 0 Å². The molecule has 0 amide bonds. The quantitative estimate of drug-likeness (QED) is 0.440. The van der Waals surface area contributed by atoms with Crippen molar-refractivity contribution in [2.75, 3.05) is 6.61 Å². The summed E-state index contributed by atoms with van der Waals surface area (Å²) in [7, 11) is 0. The third-order valence-corrected chi connectivity index (χ3v) is 7.27. The maximum atomic E-state index is 14.2. The van der Waals surface area contributed by atoms with Gasteiger partial charge in [-0.05, 0) is 80.2 Å². The molecule has 2 fully saturated rings. The fourth-order valence-electron chi connectivity index (χ4n) is 5.54. The lowest BCUT2D eigenvalue weighted by Crippen LogP contribution is -2.27. The van der Waals surface area contributed by atoms with Gasteiger partial charge in [0.05, 0.1) is 6.61 Å². The van der Waals surface area contributed by atoms with Crippen molar-refractivity contribution in [2.45, 2.75) is 90.9 Å². The molecule has 2 aliphatic rings. The third kappa shape index (κ3) is 5.48. The highest BCUT2D eigenvalue weighted by atomic mass is 19.2. The second-order valence-electron chi connectivity index (χ2n) is 9.26. The summed E-state index contributed by atoms with van der Waals surface area (Å²) in [6.07, 6.45) is 14.7. The van der Waals surface area contributed by atoms with Crippen LogP contribution < -0.4 is 4.74 Å². The Bertz CT molecular complexity index is 599. The molecule has 158 valence electrons. The highest BCUT2D eigenvalue weighted by molar-refractivity contribution is 5.31. The SMILES string of the molecule is CCCc1ccc(OC[C@H]2CC[C@H]([C@H]3CC[C@H](CCC)CC3)CC2)c(F)c1F. The van der Waals surface area contributed by atoms with Crippen LogP contribution in [0.15, 0.2) is 12.1 Å². The monoisotopic (exact) mass is 392 g/mol. The maximum absolute atomic E-state index is 14.2. The van der Waals surface area contributed by atoms with Crippen molar-refractivity contribution in [3.05, 3.63) is 29.3 Å². The minimum absolute atomic E-state index is 0.0775. The Morgan fingerprint density at radius 1 is 0.786 bits per heavy atom. The second-order valence-corrected chi connectivity index (χ2v) is 9.26. The molecule has 3 heteroatoms. The van der Waals surface area contributed by atoms with Crippen molar-refractivity contribution < 1.29 is 13.5 Å². The largest absolute Gasteiger partial charge is 0.490 e. The smallest absolute Gasteiger partial charge is 0.200 e. The van der Waals surface area contributed by atoms with Gasteiger partial charge >= 0.3 is 0 Å². The molecular formula is C25H38F2O. The number of ether oxygens (including phenoxy) is 1. The molecule has 0 atom stereocenters. The minimum atomic E-state index is -0.816. The van der Waals surface area contributed by atoms with Crippen LogP contribution in [0.5, 0.6) is 5.75 Å². The van der Waals surface area contributed by atoms with E-state index >= 15 is 0 Å². The Kier molecular flexibility index (Phi) is 8.17. The zero-order valence-corrected chi connectivity index (χ0v) is 17.8. The average Bonchev–Trinajstić information content (AvgIpc) is 2.72. The second kappa shape index (κ2) is 10.6. The molecule has 0 unspecified atom stereocenters. The number of halogens is 2. The van der Waals surface area contributed by atoms with E-state index in [1.165, 1.54) is 51.4 Å². The van der Waals surface area contributed by atoms with Gasteiger partial charge in [-0.15, -0.1) is 0 Å². The van der Waals surface area contributed by atoms with E-state index < -0.39 is 11.6 Å². The fourth-order valence-corrected chi connectivity index (χ4v) is 5.54. The van der Waals surface area contributed by atoms with Crippen LogP contribution >= 0.6 is 0 Å². The van der Waals surface area contributed by atoms with Gasteiger partial charge < -0.3 is 4.74 Å². The van der Waals surface area contributed by atoms with E-state index in [1.807, 2.05) is 6.92 Å². The molecule has 0 N–H and O–H groups in total. The van der Waals surface area contributed by atoms with Gasteiger partial charge in [0.25, 0.3) is 0 Å². The molecule has 3 rings (SSSR count). The summed E-state index contributed by atoms with van der Waals surface area (Å²) in [5.74, 6) is 1.78. The molecule has 0 spiro atoms. The van der Waals surface area contributed by atoms with E-state index in [4.69, 9.17) is 4.74 Å². The van der Waals surface area contributed by atoms with Crippen LogP contribution in [0.4, 0.5) is 8.78 Å². The molecular weight excluding hydrogens is 354 g/mol. The first-order valence-electron chi connectivity index (χ1n) is 11.7. The van der Waals surface area contributed by atoms with Crippen LogP contribution in [0.3, 0.4) is 0 Å². The van der Waals surface area contributed by atoms with E-state index in [0.717, 1.165) is 37.0 Å². The Morgan fingerprint density at radius 3 is 1.96 bits per heavy atom. The molecule has 1 aromatic carbocycles. The van der Waals surface area contributed by atoms with Gasteiger partial charge in [-0.1, -0.05) is 52.0 Å². The Labute approximate surface area is 170 Å². The highest BCUT2D eigenvalue weighted by Gasteiger charge is 2.31. The normalized spacial score (nSPS) is 28.3. The van der Waals surface area contributed by atoms with Gasteiger partial charge in [0, 0.05) is 0 Å². The van der Waals surface area contributed by atoms with Gasteiger partial charge in [-0.3, -0.25) is 0 Å². The lowest BCUT2D eigenvalue weighted by molar-refractivity contribution is 0.120. The first-order valence-corrected chi connectivity index (χ1v) is 11.7. The van der Waals surface area contributed by atoms with Gasteiger partial charge in [0.1, 0.15) is 0 Å². The van der Waals surface area contributed by atoms with Gasteiger partial charge in [0.15, 0.2) is 11.6 Å². The number of aryl methyl sites for hydroxylation is 1. The summed E-state index contributed by atoms with van der Waals surface area (Å²) in [6.45, 7) is 4.78. The molecule has 2 saturated carbocycles. The predicted octanol–water partition coefficient (Wildman–Crippen LogP) is 7.71. The molecule has 2 aliphatic carbocycles. The van der Waals surface area contributed by atoms with E-state index in [9.17, 15) is 8.78 Å². The zero-order valence-electron chi connectivity index (χ0n) is 17.8. The van der Waals surface area contributed by atoms with E-state index in [0.29, 0.717) is 24.5 Å². The maximum Gasteiger partial charge on any atom is 0.200 e. The number of rotatable bonds is 8. The first-order chi connectivity index (χ1) is 13.6. The van der Waals surface area contributed by atoms with Crippen molar-refractivity contribution in [2.24, 2.45) is 23.7 Å². The van der Waals surface area contributed by atoms with Crippen molar-refractivity contribution in [1.82, 2.24) is 0 Å². The summed E-state index contributed by atoms with van der Waals surface area (Å²) in [4.78, 5) is 0. The molecule has 0 heterocycles. The Morgan fingerprint density at radius 2 is 1.39 bits per heavy atom. The van der Waals surface area contributed by atoms with Crippen molar-refractivity contribution in [3.63, 3.8) is 0 Å². The lowest BCUT2D eigenvalue weighted by atomic mass is 9.69. The average molecular weight is 393 g/mol. The van der Waals surface area contributed by atoms with Crippen LogP contribution in [0.1, 0.15) is 90.0 Å². The Balaban J connectivity index is 1.42. The summed E-state index contributed by atoms with van der Waals surface area (Å²) in [5, 5.41) is 0. The van der Waals surface area contributed by atoms with Crippen LogP contribution in [0.25, 0.3) is 0 Å². The van der Waals surface area contributed by atoms with E-state index in [2.05, 4.69) is 6.92 Å². The molecule has 0 saturated heterocycles. The lowest BCUT2D eigenvalue weighted by Gasteiger charge is -2.37. The van der Waals surface area contributed by atoms with E-state index in [-0.39, 0.29) is 5.75 Å².